The molecule has 106 valence electrons. The Kier molecular flexibility index (Phi) is 5.61. The molecule has 0 atom stereocenters. The predicted molar refractivity (Wildman–Crippen MR) is 83.8 cm³/mol. The SMILES string of the molecule is COc1cc(C)c(/C=C/CCCN)cc1C(C)(C)C. The van der Waals surface area contributed by atoms with E-state index in [1.165, 1.54) is 16.7 Å². The van der Waals surface area contributed by atoms with Crippen LogP contribution in [0.25, 0.3) is 6.08 Å². The lowest BCUT2D eigenvalue weighted by molar-refractivity contribution is 0.397. The molecule has 0 bridgehead atoms. The summed E-state index contributed by atoms with van der Waals surface area (Å²) >= 11 is 0. The van der Waals surface area contributed by atoms with Crippen molar-refractivity contribution in [1.29, 1.82) is 0 Å². The first-order valence-corrected chi connectivity index (χ1v) is 6.96. The van der Waals surface area contributed by atoms with Crippen molar-refractivity contribution in [2.45, 2.75) is 46.0 Å². The third-order valence-electron chi connectivity index (χ3n) is 3.27. The molecule has 0 amide bonds. The maximum atomic E-state index is 5.51. The third kappa shape index (κ3) is 4.39. The van der Waals surface area contributed by atoms with Gasteiger partial charge in [0.2, 0.25) is 0 Å². The zero-order valence-corrected chi connectivity index (χ0v) is 12.9. The lowest BCUT2D eigenvalue weighted by Crippen LogP contribution is -2.13. The lowest BCUT2D eigenvalue weighted by atomic mass is 9.84. The van der Waals surface area contributed by atoms with Gasteiger partial charge >= 0.3 is 0 Å². The minimum Gasteiger partial charge on any atom is -0.496 e. The van der Waals surface area contributed by atoms with Gasteiger partial charge in [-0.15, -0.1) is 0 Å². The first kappa shape index (κ1) is 15.8. The summed E-state index contributed by atoms with van der Waals surface area (Å²) in [5.41, 5.74) is 9.35. The molecule has 19 heavy (non-hydrogen) atoms. The molecule has 0 unspecified atom stereocenters. The molecule has 0 fully saturated rings. The fourth-order valence-corrected chi connectivity index (χ4v) is 2.08. The zero-order chi connectivity index (χ0) is 14.5. The number of allylic oxidation sites excluding steroid dienone is 1. The Morgan fingerprint density at radius 1 is 1.26 bits per heavy atom. The number of unbranched alkanes of at least 4 members (excludes halogenated alkanes) is 1. The Morgan fingerprint density at radius 2 is 1.95 bits per heavy atom. The van der Waals surface area contributed by atoms with Gasteiger partial charge in [-0.1, -0.05) is 32.9 Å². The Hall–Kier alpha value is -1.28. The van der Waals surface area contributed by atoms with Crippen molar-refractivity contribution in [2.75, 3.05) is 13.7 Å². The summed E-state index contributed by atoms with van der Waals surface area (Å²) in [5, 5.41) is 0. The van der Waals surface area contributed by atoms with Crippen LogP contribution >= 0.6 is 0 Å². The van der Waals surface area contributed by atoms with E-state index >= 15 is 0 Å². The maximum Gasteiger partial charge on any atom is 0.122 e. The van der Waals surface area contributed by atoms with Gasteiger partial charge in [-0.3, -0.25) is 0 Å². The molecule has 2 nitrogen and oxygen atoms in total. The van der Waals surface area contributed by atoms with Crippen LogP contribution in [0.5, 0.6) is 5.75 Å². The summed E-state index contributed by atoms with van der Waals surface area (Å²) in [6, 6.07) is 4.37. The van der Waals surface area contributed by atoms with Gasteiger partial charge in [-0.2, -0.15) is 0 Å². The normalized spacial score (nSPS) is 12.1. The van der Waals surface area contributed by atoms with E-state index in [2.05, 4.69) is 52.0 Å². The van der Waals surface area contributed by atoms with Crippen molar-refractivity contribution in [3.63, 3.8) is 0 Å². The van der Waals surface area contributed by atoms with Gasteiger partial charge in [0.15, 0.2) is 0 Å². The second kappa shape index (κ2) is 6.76. The van der Waals surface area contributed by atoms with Crippen LogP contribution in [0.15, 0.2) is 18.2 Å². The molecule has 0 aromatic heterocycles. The standard InChI is InChI=1S/C17H27NO/c1-13-11-16(19-5)15(17(2,3)4)12-14(13)9-7-6-8-10-18/h7,9,11-12H,6,8,10,18H2,1-5H3/b9-7+. The van der Waals surface area contributed by atoms with Crippen LogP contribution in [-0.4, -0.2) is 13.7 Å². The number of aryl methyl sites for hydroxylation is 1. The van der Waals surface area contributed by atoms with E-state index in [1.54, 1.807) is 7.11 Å². The van der Waals surface area contributed by atoms with Crippen LogP contribution in [0.4, 0.5) is 0 Å². The predicted octanol–water partition coefficient (Wildman–Crippen LogP) is 4.05. The third-order valence-corrected chi connectivity index (χ3v) is 3.27. The molecule has 0 spiro atoms. The Morgan fingerprint density at radius 3 is 2.47 bits per heavy atom. The van der Waals surface area contributed by atoms with Crippen molar-refractivity contribution in [2.24, 2.45) is 5.73 Å². The fraction of sp³-hybridized carbons (Fsp3) is 0.529. The highest BCUT2D eigenvalue weighted by Crippen LogP contribution is 2.34. The summed E-state index contributed by atoms with van der Waals surface area (Å²) < 4.78 is 5.51. The van der Waals surface area contributed by atoms with Crippen molar-refractivity contribution in [3.8, 4) is 5.75 Å². The number of methoxy groups -OCH3 is 1. The van der Waals surface area contributed by atoms with Gasteiger partial charge in [-0.25, -0.2) is 0 Å². The topological polar surface area (TPSA) is 35.2 Å². The molecule has 0 aliphatic rings. The van der Waals surface area contributed by atoms with Crippen LogP contribution < -0.4 is 10.5 Å². The van der Waals surface area contributed by atoms with Crippen LogP contribution in [0.3, 0.4) is 0 Å². The average molecular weight is 261 g/mol. The van der Waals surface area contributed by atoms with E-state index in [0.29, 0.717) is 0 Å². The van der Waals surface area contributed by atoms with Gasteiger partial charge in [0.25, 0.3) is 0 Å². The molecule has 0 aliphatic carbocycles. The summed E-state index contributed by atoms with van der Waals surface area (Å²) in [6.07, 6.45) is 6.47. The Balaban J connectivity index is 3.09. The van der Waals surface area contributed by atoms with Gasteiger partial charge in [0.1, 0.15) is 5.75 Å². The molecule has 0 aliphatic heterocycles. The van der Waals surface area contributed by atoms with Crippen molar-refractivity contribution in [3.05, 3.63) is 34.9 Å². The molecule has 0 heterocycles. The maximum absolute atomic E-state index is 5.51. The largest absolute Gasteiger partial charge is 0.496 e. The van der Waals surface area contributed by atoms with Crippen LogP contribution in [0, 0.1) is 6.92 Å². The molecule has 1 aromatic carbocycles. The minimum absolute atomic E-state index is 0.0822. The van der Waals surface area contributed by atoms with Crippen LogP contribution in [-0.2, 0) is 5.41 Å². The summed E-state index contributed by atoms with van der Waals surface area (Å²) in [7, 11) is 1.74. The number of hydrogen-bond acceptors (Lipinski definition) is 2. The molecular weight excluding hydrogens is 234 g/mol. The van der Waals surface area contributed by atoms with Crippen molar-refractivity contribution in [1.82, 2.24) is 0 Å². The van der Waals surface area contributed by atoms with Gasteiger partial charge in [0.05, 0.1) is 7.11 Å². The monoisotopic (exact) mass is 261 g/mol. The van der Waals surface area contributed by atoms with Crippen LogP contribution in [0.2, 0.25) is 0 Å². The van der Waals surface area contributed by atoms with Crippen molar-refractivity contribution >= 4 is 6.08 Å². The second-order valence-electron chi connectivity index (χ2n) is 5.99. The Labute approximate surface area is 117 Å². The molecule has 0 saturated heterocycles. The smallest absolute Gasteiger partial charge is 0.122 e. The highest BCUT2D eigenvalue weighted by Gasteiger charge is 2.19. The fourth-order valence-electron chi connectivity index (χ4n) is 2.08. The van der Waals surface area contributed by atoms with E-state index in [9.17, 15) is 0 Å². The molecule has 1 aromatic rings. The molecule has 0 radical (unpaired) electrons. The quantitative estimate of drug-likeness (QED) is 0.811. The van der Waals surface area contributed by atoms with Crippen molar-refractivity contribution < 1.29 is 4.74 Å². The number of hydrogen-bond donors (Lipinski definition) is 1. The highest BCUT2D eigenvalue weighted by molar-refractivity contribution is 5.59. The van der Waals surface area contributed by atoms with Crippen LogP contribution in [0.1, 0.15) is 50.3 Å². The first-order chi connectivity index (χ1) is 8.90. The molecule has 2 heteroatoms. The number of rotatable bonds is 5. The van der Waals surface area contributed by atoms with E-state index in [1.807, 2.05) is 0 Å². The first-order valence-electron chi connectivity index (χ1n) is 6.96. The molecular formula is C17H27NO. The average Bonchev–Trinajstić information content (AvgIpc) is 2.34. The van der Waals surface area contributed by atoms with E-state index < -0.39 is 0 Å². The van der Waals surface area contributed by atoms with E-state index in [-0.39, 0.29) is 5.41 Å². The highest BCUT2D eigenvalue weighted by atomic mass is 16.5. The minimum atomic E-state index is 0.0822. The van der Waals surface area contributed by atoms with E-state index in [4.69, 9.17) is 10.5 Å². The Bertz CT molecular complexity index is 441. The number of ether oxygens (including phenoxy) is 1. The second-order valence-corrected chi connectivity index (χ2v) is 5.99. The van der Waals surface area contributed by atoms with E-state index in [0.717, 1.165) is 25.1 Å². The summed E-state index contributed by atoms with van der Waals surface area (Å²) in [4.78, 5) is 0. The summed E-state index contributed by atoms with van der Waals surface area (Å²) in [6.45, 7) is 9.50. The molecule has 0 saturated carbocycles. The van der Waals surface area contributed by atoms with Gasteiger partial charge in [-0.05, 0) is 55.0 Å². The van der Waals surface area contributed by atoms with Gasteiger partial charge in [0, 0.05) is 5.56 Å². The number of benzene rings is 1. The molecule has 1 rings (SSSR count). The number of nitrogens with two attached hydrogens (primary N) is 1. The van der Waals surface area contributed by atoms with Gasteiger partial charge < -0.3 is 10.5 Å². The molecule has 2 N–H and O–H groups in total. The summed E-state index contributed by atoms with van der Waals surface area (Å²) in [5.74, 6) is 0.976. The lowest BCUT2D eigenvalue weighted by Gasteiger charge is -2.23. The zero-order valence-electron chi connectivity index (χ0n) is 12.9.